The Labute approximate surface area is 375 Å². The van der Waals surface area contributed by atoms with Crippen LogP contribution in [0.15, 0.2) is 194 Å². The van der Waals surface area contributed by atoms with Gasteiger partial charge in [0.25, 0.3) is 0 Å². The van der Waals surface area contributed by atoms with Crippen LogP contribution in [-0.2, 0) is 12.8 Å². The zero-order chi connectivity index (χ0) is 43.0. The van der Waals surface area contributed by atoms with Gasteiger partial charge >= 0.3 is 0 Å². The van der Waals surface area contributed by atoms with Gasteiger partial charge in [0.1, 0.15) is 0 Å². The lowest BCUT2D eigenvalue weighted by Crippen LogP contribution is -2.03. The normalized spacial score (nSPS) is 11.7. The van der Waals surface area contributed by atoms with Crippen molar-refractivity contribution >= 4 is 43.6 Å². The zero-order valence-electron chi connectivity index (χ0n) is 36.5. The van der Waals surface area contributed by atoms with Crippen LogP contribution in [0.2, 0.25) is 0 Å². The smallest absolute Gasteiger partial charge is 0.0806 e. The van der Waals surface area contributed by atoms with Crippen molar-refractivity contribution in [1.82, 2.24) is 19.1 Å². The molecule has 0 fully saturated rings. The van der Waals surface area contributed by atoms with Crippen LogP contribution < -0.4 is 0 Å². The van der Waals surface area contributed by atoms with Crippen molar-refractivity contribution in [3.63, 3.8) is 0 Å². The maximum Gasteiger partial charge on any atom is 0.0806 e. The highest BCUT2D eigenvalue weighted by atomic mass is 15.0. The number of hydrogen-bond acceptors (Lipinski definition) is 2. The van der Waals surface area contributed by atoms with Crippen LogP contribution in [0.4, 0.5) is 0 Å². The van der Waals surface area contributed by atoms with Gasteiger partial charge in [-0.3, -0.25) is 0 Å². The Morgan fingerprint density at radius 3 is 1.69 bits per heavy atom. The van der Waals surface area contributed by atoms with Crippen LogP contribution in [-0.4, -0.2) is 19.1 Å². The molecule has 4 heteroatoms. The van der Waals surface area contributed by atoms with Crippen molar-refractivity contribution < 1.29 is 0 Å². The molecule has 4 aromatic heterocycles. The van der Waals surface area contributed by atoms with E-state index in [-0.39, 0.29) is 0 Å². The summed E-state index contributed by atoms with van der Waals surface area (Å²) in [5, 5.41) is 5.00. The van der Waals surface area contributed by atoms with Crippen molar-refractivity contribution in [3.8, 4) is 56.4 Å². The molecule has 11 aromatic rings. The van der Waals surface area contributed by atoms with E-state index in [9.17, 15) is 0 Å². The molecular formula is C60H50N4. The summed E-state index contributed by atoms with van der Waals surface area (Å²) >= 11 is 0. The van der Waals surface area contributed by atoms with Crippen molar-refractivity contribution in [1.29, 1.82) is 0 Å². The minimum absolute atomic E-state index is 0.941. The van der Waals surface area contributed by atoms with Gasteiger partial charge in [-0.05, 0) is 97.5 Å². The quantitative estimate of drug-likeness (QED) is 0.123. The molecular weight excluding hydrogens is 777 g/mol. The van der Waals surface area contributed by atoms with Crippen LogP contribution in [0.1, 0.15) is 50.7 Å². The summed E-state index contributed by atoms with van der Waals surface area (Å²) in [7, 11) is 0. The average Bonchev–Trinajstić information content (AvgIpc) is 3.88. The molecule has 11 rings (SSSR count). The number of fused-ring (bicyclic) bond motifs is 7. The Morgan fingerprint density at radius 1 is 0.406 bits per heavy atom. The fraction of sp³-hybridized carbons (Fsp3) is 0.133. The number of hydrogen-bond donors (Lipinski definition) is 0. The second-order valence-electron chi connectivity index (χ2n) is 17.0. The Balaban J connectivity index is 1.08. The summed E-state index contributed by atoms with van der Waals surface area (Å²) in [6.45, 7) is 4.54. The molecule has 0 spiro atoms. The maximum atomic E-state index is 5.59. The van der Waals surface area contributed by atoms with Gasteiger partial charge in [0, 0.05) is 55.2 Å². The Morgan fingerprint density at radius 2 is 0.969 bits per heavy atom. The van der Waals surface area contributed by atoms with Crippen molar-refractivity contribution in [3.05, 3.63) is 205 Å². The Hall–Kier alpha value is -7.56. The SMILES string of the molecule is CCCCc1cc(-c2ccccc2)nc(-c2c(CCCC)cc(-c3ccc(-n4c5ccccc5c5c4ccc4c6ccccc6n(-c6ccccc6)c45)cc3)nc2-c2ccccc2)c1. The summed E-state index contributed by atoms with van der Waals surface area (Å²) < 4.78 is 4.88. The first-order valence-electron chi connectivity index (χ1n) is 23.0. The lowest BCUT2D eigenvalue weighted by Gasteiger charge is -2.19. The zero-order valence-corrected chi connectivity index (χ0v) is 36.5. The Bertz CT molecular complexity index is 3430. The van der Waals surface area contributed by atoms with E-state index < -0.39 is 0 Å². The number of nitrogens with zero attached hydrogens (tertiary/aromatic N) is 4. The van der Waals surface area contributed by atoms with Gasteiger partial charge in [-0.25, -0.2) is 9.97 Å². The Kier molecular flexibility index (Phi) is 10.4. The lowest BCUT2D eigenvalue weighted by molar-refractivity contribution is 0.792. The van der Waals surface area contributed by atoms with E-state index in [1.54, 1.807) is 0 Å². The van der Waals surface area contributed by atoms with E-state index >= 15 is 0 Å². The first-order chi connectivity index (χ1) is 31.7. The molecule has 0 aliphatic rings. The minimum atomic E-state index is 0.941. The van der Waals surface area contributed by atoms with Gasteiger partial charge in [-0.15, -0.1) is 0 Å². The third-order valence-corrected chi connectivity index (χ3v) is 12.9. The summed E-state index contributed by atoms with van der Waals surface area (Å²) in [6.07, 6.45) is 6.41. The number of pyridine rings is 2. The van der Waals surface area contributed by atoms with Crippen LogP contribution in [0.5, 0.6) is 0 Å². The number of rotatable bonds is 12. The number of unbranched alkanes of at least 4 members (excludes halogenated alkanes) is 2. The molecule has 4 heterocycles. The molecule has 0 radical (unpaired) electrons. The molecule has 0 amide bonds. The van der Waals surface area contributed by atoms with Crippen LogP contribution in [0.25, 0.3) is 100 Å². The van der Waals surface area contributed by atoms with Gasteiger partial charge in [-0.1, -0.05) is 160 Å². The second kappa shape index (κ2) is 17.0. The fourth-order valence-corrected chi connectivity index (χ4v) is 9.81. The molecule has 310 valence electrons. The number of aromatic nitrogens is 4. The second-order valence-corrected chi connectivity index (χ2v) is 17.0. The summed E-state index contributed by atoms with van der Waals surface area (Å²) in [6, 6.07) is 70.4. The molecule has 0 aliphatic heterocycles. The number of aryl methyl sites for hydroxylation is 2. The van der Waals surface area contributed by atoms with Crippen LogP contribution in [0, 0.1) is 0 Å². The molecule has 64 heavy (non-hydrogen) atoms. The highest BCUT2D eigenvalue weighted by Crippen LogP contribution is 2.43. The summed E-state index contributed by atoms with van der Waals surface area (Å²) in [5.41, 5.74) is 18.1. The van der Waals surface area contributed by atoms with E-state index in [0.717, 1.165) is 94.9 Å². The van der Waals surface area contributed by atoms with Gasteiger partial charge < -0.3 is 9.13 Å². The van der Waals surface area contributed by atoms with Crippen molar-refractivity contribution in [2.45, 2.75) is 52.4 Å². The van der Waals surface area contributed by atoms with Crippen LogP contribution >= 0.6 is 0 Å². The van der Waals surface area contributed by atoms with Crippen LogP contribution in [0.3, 0.4) is 0 Å². The fourth-order valence-electron chi connectivity index (χ4n) is 9.81. The average molecular weight is 827 g/mol. The minimum Gasteiger partial charge on any atom is -0.309 e. The predicted octanol–water partition coefficient (Wildman–Crippen LogP) is 16.0. The standard InChI is InChI=1S/C60H50N4/c1-3-5-20-41-38-51(42-22-10-7-11-23-42)61-53(39-41)57-45(21-6-4-2)40-52(62-59(57)44-24-12-8-13-25-44)43-32-34-47(35-33-43)63-55-31-19-17-29-50(55)58-56(63)37-36-49-48-28-16-18-30-54(48)64(60(49)58)46-26-14-9-15-27-46/h7-19,22-40H,3-6,20-21H2,1-2H3. The lowest BCUT2D eigenvalue weighted by atomic mass is 9.91. The van der Waals surface area contributed by atoms with Gasteiger partial charge in [0.05, 0.1) is 44.8 Å². The molecule has 0 atom stereocenters. The van der Waals surface area contributed by atoms with E-state index in [1.165, 1.54) is 54.7 Å². The van der Waals surface area contributed by atoms with E-state index in [0.29, 0.717) is 0 Å². The van der Waals surface area contributed by atoms with Gasteiger partial charge in [-0.2, -0.15) is 0 Å². The largest absolute Gasteiger partial charge is 0.309 e. The summed E-state index contributed by atoms with van der Waals surface area (Å²) in [4.78, 5) is 11.0. The highest BCUT2D eigenvalue weighted by Gasteiger charge is 2.22. The molecule has 0 bridgehead atoms. The number of para-hydroxylation sites is 3. The number of benzene rings is 7. The molecule has 0 saturated heterocycles. The first kappa shape index (κ1) is 39.3. The summed E-state index contributed by atoms with van der Waals surface area (Å²) in [5.74, 6) is 0. The maximum absolute atomic E-state index is 5.59. The third kappa shape index (κ3) is 6.96. The van der Waals surface area contributed by atoms with Gasteiger partial charge in [0.15, 0.2) is 0 Å². The highest BCUT2D eigenvalue weighted by molar-refractivity contribution is 6.26. The van der Waals surface area contributed by atoms with Crippen molar-refractivity contribution in [2.75, 3.05) is 0 Å². The van der Waals surface area contributed by atoms with E-state index in [4.69, 9.17) is 9.97 Å². The monoisotopic (exact) mass is 826 g/mol. The predicted molar refractivity (Wildman–Crippen MR) is 270 cm³/mol. The molecule has 0 saturated carbocycles. The topological polar surface area (TPSA) is 35.6 Å². The third-order valence-electron chi connectivity index (χ3n) is 12.9. The van der Waals surface area contributed by atoms with Gasteiger partial charge in [0.2, 0.25) is 0 Å². The first-order valence-corrected chi connectivity index (χ1v) is 23.0. The molecule has 0 unspecified atom stereocenters. The molecule has 0 aliphatic carbocycles. The molecule has 0 N–H and O–H groups in total. The molecule has 4 nitrogen and oxygen atoms in total. The van der Waals surface area contributed by atoms with E-state index in [2.05, 4.69) is 217 Å². The van der Waals surface area contributed by atoms with Crippen molar-refractivity contribution in [2.24, 2.45) is 0 Å². The molecule has 7 aromatic carbocycles. The van der Waals surface area contributed by atoms with E-state index in [1.807, 2.05) is 0 Å².